The zero-order valence-corrected chi connectivity index (χ0v) is 11.8. The van der Waals surface area contributed by atoms with Crippen molar-refractivity contribution in [1.82, 2.24) is 0 Å². The van der Waals surface area contributed by atoms with E-state index in [1.54, 1.807) is 18.2 Å². The van der Waals surface area contributed by atoms with Crippen LogP contribution in [0.2, 0.25) is 0 Å². The van der Waals surface area contributed by atoms with Crippen molar-refractivity contribution >= 4 is 0 Å². The highest BCUT2D eigenvalue weighted by atomic mass is 19.1. The van der Waals surface area contributed by atoms with Crippen LogP contribution < -0.4 is 4.74 Å². The standard InChI is InChI=1S/C15H23FO2/c1-9(2)13(10(3)4)15(17)11-7-6-8-12(18-5)14(11)16/h6-10,13,15,17H,1-5H3. The van der Waals surface area contributed by atoms with E-state index in [4.69, 9.17) is 4.74 Å². The van der Waals surface area contributed by atoms with E-state index in [-0.39, 0.29) is 23.5 Å². The third-order valence-corrected chi connectivity index (χ3v) is 3.44. The lowest BCUT2D eigenvalue weighted by molar-refractivity contribution is 0.0494. The molecule has 1 aromatic rings. The molecule has 1 N–H and O–H groups in total. The molecule has 0 saturated heterocycles. The molecule has 1 rings (SSSR count). The van der Waals surface area contributed by atoms with Gasteiger partial charge in [0.1, 0.15) is 0 Å². The first-order valence-corrected chi connectivity index (χ1v) is 6.40. The van der Waals surface area contributed by atoms with E-state index in [1.807, 2.05) is 27.7 Å². The number of benzene rings is 1. The first-order valence-electron chi connectivity index (χ1n) is 6.40. The molecule has 1 unspecified atom stereocenters. The minimum absolute atomic E-state index is 0.0200. The fourth-order valence-electron chi connectivity index (χ4n) is 2.62. The molecule has 0 spiro atoms. The van der Waals surface area contributed by atoms with Crippen LogP contribution in [0.4, 0.5) is 4.39 Å². The molecule has 18 heavy (non-hydrogen) atoms. The molecule has 0 aliphatic carbocycles. The maximum Gasteiger partial charge on any atom is 0.170 e. The predicted octanol–water partition coefficient (Wildman–Crippen LogP) is 3.80. The second-order valence-corrected chi connectivity index (χ2v) is 5.37. The average molecular weight is 254 g/mol. The van der Waals surface area contributed by atoms with E-state index >= 15 is 0 Å². The summed E-state index contributed by atoms with van der Waals surface area (Å²) >= 11 is 0. The van der Waals surface area contributed by atoms with E-state index in [1.165, 1.54) is 7.11 Å². The molecule has 0 heterocycles. The fourth-order valence-corrected chi connectivity index (χ4v) is 2.62. The Kier molecular flexibility index (Phi) is 5.15. The van der Waals surface area contributed by atoms with Gasteiger partial charge in [-0.2, -0.15) is 0 Å². The molecule has 102 valence electrons. The Labute approximate surface area is 109 Å². The van der Waals surface area contributed by atoms with Crippen molar-refractivity contribution in [3.8, 4) is 5.75 Å². The van der Waals surface area contributed by atoms with Crippen molar-refractivity contribution in [3.05, 3.63) is 29.6 Å². The van der Waals surface area contributed by atoms with Gasteiger partial charge in [0.15, 0.2) is 11.6 Å². The summed E-state index contributed by atoms with van der Waals surface area (Å²) in [7, 11) is 1.43. The van der Waals surface area contributed by atoms with Crippen molar-refractivity contribution in [1.29, 1.82) is 0 Å². The lowest BCUT2D eigenvalue weighted by atomic mass is 9.78. The van der Waals surface area contributed by atoms with Crippen molar-refractivity contribution in [2.75, 3.05) is 7.11 Å². The lowest BCUT2D eigenvalue weighted by Crippen LogP contribution is -2.24. The number of hydrogen-bond acceptors (Lipinski definition) is 2. The van der Waals surface area contributed by atoms with Crippen LogP contribution in [0.25, 0.3) is 0 Å². The predicted molar refractivity (Wildman–Crippen MR) is 71.1 cm³/mol. The number of aliphatic hydroxyl groups is 1. The summed E-state index contributed by atoms with van der Waals surface area (Å²) in [5.41, 5.74) is 0.321. The highest BCUT2D eigenvalue weighted by Gasteiger charge is 2.29. The second-order valence-electron chi connectivity index (χ2n) is 5.37. The van der Waals surface area contributed by atoms with Crippen molar-refractivity contribution in [3.63, 3.8) is 0 Å². The Morgan fingerprint density at radius 1 is 1.11 bits per heavy atom. The third-order valence-electron chi connectivity index (χ3n) is 3.44. The molecule has 0 radical (unpaired) electrons. The van der Waals surface area contributed by atoms with E-state index < -0.39 is 11.9 Å². The van der Waals surface area contributed by atoms with Crippen LogP contribution in [0, 0.1) is 23.6 Å². The van der Waals surface area contributed by atoms with Crippen LogP contribution in [0.3, 0.4) is 0 Å². The van der Waals surface area contributed by atoms with Crippen molar-refractivity contribution in [2.24, 2.45) is 17.8 Å². The zero-order valence-electron chi connectivity index (χ0n) is 11.8. The molecular weight excluding hydrogens is 231 g/mol. The van der Waals surface area contributed by atoms with Crippen molar-refractivity contribution < 1.29 is 14.2 Å². The monoisotopic (exact) mass is 254 g/mol. The van der Waals surface area contributed by atoms with Gasteiger partial charge in [-0.15, -0.1) is 0 Å². The molecule has 1 atom stereocenters. The molecule has 0 fully saturated rings. The summed E-state index contributed by atoms with van der Waals surface area (Å²) in [6.07, 6.45) is -0.805. The Hall–Kier alpha value is -1.09. The van der Waals surface area contributed by atoms with Gasteiger partial charge in [0.05, 0.1) is 13.2 Å². The largest absolute Gasteiger partial charge is 0.494 e. The number of ether oxygens (including phenoxy) is 1. The molecule has 3 heteroatoms. The molecule has 0 amide bonds. The molecule has 1 aromatic carbocycles. The molecule has 2 nitrogen and oxygen atoms in total. The number of hydrogen-bond donors (Lipinski definition) is 1. The first-order chi connectivity index (χ1) is 8.40. The summed E-state index contributed by atoms with van der Waals surface area (Å²) < 4.78 is 19.1. The maximum absolute atomic E-state index is 14.1. The minimum Gasteiger partial charge on any atom is -0.494 e. The third kappa shape index (κ3) is 3.02. The summed E-state index contributed by atoms with van der Waals surface area (Å²) in [4.78, 5) is 0. The Morgan fingerprint density at radius 2 is 1.67 bits per heavy atom. The van der Waals surface area contributed by atoms with Crippen LogP contribution >= 0.6 is 0 Å². The summed E-state index contributed by atoms with van der Waals surface area (Å²) in [5.74, 6) is 0.305. The van der Waals surface area contributed by atoms with Gasteiger partial charge in [-0.05, 0) is 23.8 Å². The van der Waals surface area contributed by atoms with Crippen LogP contribution in [0.5, 0.6) is 5.75 Å². The SMILES string of the molecule is COc1cccc(C(O)C(C(C)C)C(C)C)c1F. The Balaban J connectivity index is 3.12. The van der Waals surface area contributed by atoms with E-state index in [0.717, 1.165) is 0 Å². The topological polar surface area (TPSA) is 29.5 Å². The highest BCUT2D eigenvalue weighted by Crippen LogP contribution is 2.36. The quantitative estimate of drug-likeness (QED) is 0.866. The number of rotatable bonds is 5. The Morgan fingerprint density at radius 3 is 2.11 bits per heavy atom. The van der Waals surface area contributed by atoms with Crippen LogP contribution in [0.15, 0.2) is 18.2 Å². The van der Waals surface area contributed by atoms with Gasteiger partial charge in [0.25, 0.3) is 0 Å². The summed E-state index contributed by atoms with van der Waals surface area (Å²) in [6, 6.07) is 4.89. The first kappa shape index (κ1) is 15.0. The second kappa shape index (κ2) is 6.19. The number of aliphatic hydroxyl groups excluding tert-OH is 1. The van der Waals surface area contributed by atoms with E-state index in [9.17, 15) is 9.50 Å². The molecule has 0 bridgehead atoms. The molecular formula is C15H23FO2. The lowest BCUT2D eigenvalue weighted by Gasteiger charge is -2.30. The van der Waals surface area contributed by atoms with Gasteiger partial charge in [0.2, 0.25) is 0 Å². The van der Waals surface area contributed by atoms with Gasteiger partial charge in [0, 0.05) is 5.56 Å². The molecule has 0 aromatic heterocycles. The zero-order chi connectivity index (χ0) is 13.9. The number of halogens is 1. The summed E-state index contributed by atoms with van der Waals surface area (Å²) in [6.45, 7) is 8.19. The van der Waals surface area contributed by atoms with Gasteiger partial charge < -0.3 is 9.84 Å². The van der Waals surface area contributed by atoms with Gasteiger partial charge in [-0.3, -0.25) is 0 Å². The summed E-state index contributed by atoms with van der Waals surface area (Å²) in [5, 5.41) is 10.4. The Bertz CT molecular complexity index is 380. The average Bonchev–Trinajstić information content (AvgIpc) is 2.28. The maximum atomic E-state index is 14.1. The van der Waals surface area contributed by atoms with Gasteiger partial charge >= 0.3 is 0 Å². The minimum atomic E-state index is -0.805. The fraction of sp³-hybridized carbons (Fsp3) is 0.600. The molecule has 0 saturated carbocycles. The normalized spacial score (nSPS) is 13.4. The van der Waals surface area contributed by atoms with Crippen molar-refractivity contribution in [2.45, 2.75) is 33.8 Å². The molecule has 0 aliphatic rings. The molecule has 0 aliphatic heterocycles. The van der Waals surface area contributed by atoms with Crippen LogP contribution in [-0.2, 0) is 0 Å². The smallest absolute Gasteiger partial charge is 0.170 e. The van der Waals surface area contributed by atoms with Crippen LogP contribution in [-0.4, -0.2) is 12.2 Å². The highest BCUT2D eigenvalue weighted by molar-refractivity contribution is 5.32. The van der Waals surface area contributed by atoms with Gasteiger partial charge in [-0.25, -0.2) is 4.39 Å². The van der Waals surface area contributed by atoms with Gasteiger partial charge in [-0.1, -0.05) is 39.8 Å². The van der Waals surface area contributed by atoms with E-state index in [2.05, 4.69) is 0 Å². The van der Waals surface area contributed by atoms with E-state index in [0.29, 0.717) is 5.56 Å². The van der Waals surface area contributed by atoms with Crippen LogP contribution in [0.1, 0.15) is 39.4 Å². The number of methoxy groups -OCH3 is 1.